The molecule has 0 bridgehead atoms. The summed E-state index contributed by atoms with van der Waals surface area (Å²) in [6.45, 7) is 2.56. The molecule has 0 aliphatic carbocycles. The monoisotopic (exact) mass is 387 g/mol. The van der Waals surface area contributed by atoms with E-state index in [1.54, 1.807) is 7.05 Å². The molecule has 0 aromatic heterocycles. The van der Waals surface area contributed by atoms with Crippen LogP contribution in [0, 0.1) is 0 Å². The number of hydrogen-bond donors (Lipinski definition) is 0. The minimum Gasteiger partial charge on any atom is -0.748 e. The summed E-state index contributed by atoms with van der Waals surface area (Å²) in [6.07, 6.45) is 13.1. The van der Waals surface area contributed by atoms with Gasteiger partial charge in [0.25, 0.3) is 0 Å². The maximum absolute atomic E-state index is 11.8. The van der Waals surface area contributed by atoms with Crippen molar-refractivity contribution in [3.8, 4) is 0 Å². The van der Waals surface area contributed by atoms with Crippen LogP contribution in [0.5, 0.6) is 0 Å². The Balaban J connectivity index is 0. The van der Waals surface area contributed by atoms with Crippen LogP contribution in [0.1, 0.15) is 84.0 Å². The summed E-state index contributed by atoms with van der Waals surface area (Å²) < 4.78 is 31.5. The number of carbonyl (C=O) groups is 1. The van der Waals surface area contributed by atoms with Gasteiger partial charge in [0, 0.05) is 25.8 Å². The molecule has 0 aromatic carbocycles. The average molecular weight is 388 g/mol. The van der Waals surface area contributed by atoms with Crippen LogP contribution in [0.3, 0.4) is 0 Å². The summed E-state index contributed by atoms with van der Waals surface area (Å²) in [5.41, 5.74) is 0. The van der Waals surface area contributed by atoms with Crippen molar-refractivity contribution in [1.82, 2.24) is 4.90 Å². The summed E-state index contributed by atoms with van der Waals surface area (Å²) in [7, 11) is -2.51. The van der Waals surface area contributed by atoms with E-state index >= 15 is 0 Å². The predicted octanol–water partition coefficient (Wildman–Crippen LogP) is 0.695. The van der Waals surface area contributed by atoms with E-state index in [-0.39, 0.29) is 63.7 Å². The fraction of sp³-hybridized carbons (Fsp3) is 0.941. The molecule has 0 atom stereocenters. The topological polar surface area (TPSA) is 77.5 Å². The molecule has 0 N–H and O–H groups in total. The minimum atomic E-state index is -4.17. The predicted molar refractivity (Wildman–Crippen MR) is 93.3 cm³/mol. The first-order chi connectivity index (χ1) is 10.9. The molecular formula is C17H34KNO4S. The van der Waals surface area contributed by atoms with Gasteiger partial charge >= 0.3 is 51.4 Å². The summed E-state index contributed by atoms with van der Waals surface area (Å²) in [4.78, 5) is 13.4. The van der Waals surface area contributed by atoms with Gasteiger partial charge in [-0.2, -0.15) is 0 Å². The van der Waals surface area contributed by atoms with E-state index in [2.05, 4.69) is 6.92 Å². The second kappa shape index (κ2) is 17.4. The largest absolute Gasteiger partial charge is 1.00 e. The Kier molecular flexibility index (Phi) is 19.8. The van der Waals surface area contributed by atoms with Gasteiger partial charge in [-0.05, 0) is 12.8 Å². The molecule has 138 valence electrons. The Bertz CT molecular complexity index is 401. The fourth-order valence-corrected chi connectivity index (χ4v) is 3.04. The van der Waals surface area contributed by atoms with Crippen LogP contribution in [0.25, 0.3) is 0 Å². The van der Waals surface area contributed by atoms with E-state index in [9.17, 15) is 17.8 Å². The quantitative estimate of drug-likeness (QED) is 0.235. The van der Waals surface area contributed by atoms with Crippen molar-refractivity contribution in [1.29, 1.82) is 0 Å². The van der Waals surface area contributed by atoms with Gasteiger partial charge in [0.2, 0.25) is 5.91 Å². The van der Waals surface area contributed by atoms with E-state index in [1.165, 1.54) is 56.3 Å². The molecule has 0 rings (SSSR count). The van der Waals surface area contributed by atoms with E-state index in [0.717, 1.165) is 12.8 Å². The van der Waals surface area contributed by atoms with Gasteiger partial charge in [0.1, 0.15) is 0 Å². The second-order valence-corrected chi connectivity index (χ2v) is 7.89. The molecule has 0 aromatic rings. The Morgan fingerprint density at radius 1 is 0.875 bits per heavy atom. The summed E-state index contributed by atoms with van der Waals surface area (Å²) in [5.74, 6) is -0.365. The summed E-state index contributed by atoms with van der Waals surface area (Å²) in [5, 5.41) is 0. The van der Waals surface area contributed by atoms with Crippen molar-refractivity contribution in [3.05, 3.63) is 0 Å². The Hall–Kier alpha value is 1.02. The molecule has 0 spiro atoms. The number of carbonyl (C=O) groups excluding carboxylic acids is 1. The van der Waals surface area contributed by atoms with Crippen molar-refractivity contribution in [3.63, 3.8) is 0 Å². The molecule has 0 unspecified atom stereocenters. The van der Waals surface area contributed by atoms with Crippen LogP contribution in [-0.4, -0.2) is 43.1 Å². The second-order valence-electron chi connectivity index (χ2n) is 6.36. The van der Waals surface area contributed by atoms with Crippen LogP contribution < -0.4 is 51.4 Å². The SMILES string of the molecule is CCCCCCCCCCCCC(=O)N(C)CCCS(=O)(=O)[O-].[K+]. The van der Waals surface area contributed by atoms with Crippen LogP contribution in [0.15, 0.2) is 0 Å². The zero-order chi connectivity index (χ0) is 17.6. The molecule has 1 amide bonds. The van der Waals surface area contributed by atoms with Crippen molar-refractivity contribution < 1.29 is 69.1 Å². The number of amides is 1. The number of unbranched alkanes of at least 4 members (excludes halogenated alkanes) is 9. The molecule has 0 heterocycles. The molecule has 0 aliphatic heterocycles. The zero-order valence-corrected chi connectivity index (χ0v) is 19.8. The molecule has 0 radical (unpaired) electrons. The average Bonchev–Trinajstić information content (AvgIpc) is 2.47. The van der Waals surface area contributed by atoms with Gasteiger partial charge in [-0.15, -0.1) is 0 Å². The molecule has 5 nitrogen and oxygen atoms in total. The normalized spacial score (nSPS) is 11.1. The smallest absolute Gasteiger partial charge is 0.748 e. The van der Waals surface area contributed by atoms with Crippen molar-refractivity contribution in [2.45, 2.75) is 84.0 Å². The van der Waals surface area contributed by atoms with Gasteiger partial charge in [-0.3, -0.25) is 4.79 Å². The van der Waals surface area contributed by atoms with Crippen molar-refractivity contribution >= 4 is 16.0 Å². The van der Waals surface area contributed by atoms with Crippen LogP contribution in [0.4, 0.5) is 0 Å². The van der Waals surface area contributed by atoms with Gasteiger partial charge in [-0.1, -0.05) is 64.7 Å². The van der Waals surface area contributed by atoms with E-state index < -0.39 is 15.9 Å². The summed E-state index contributed by atoms with van der Waals surface area (Å²) in [6, 6.07) is 0. The fourth-order valence-electron chi connectivity index (χ4n) is 2.56. The molecule has 0 aliphatic rings. The standard InChI is InChI=1S/C17H35NO4S.K/c1-3-4-5-6-7-8-9-10-11-12-14-17(19)18(2)15-13-16-23(20,21)22;/h3-16H2,1-2H3,(H,20,21,22);/q;+1/p-1. The number of rotatable bonds is 15. The third kappa shape index (κ3) is 19.3. The maximum atomic E-state index is 11.8. The van der Waals surface area contributed by atoms with Gasteiger partial charge < -0.3 is 9.45 Å². The molecule has 0 saturated heterocycles. The minimum absolute atomic E-state index is 0. The van der Waals surface area contributed by atoms with Crippen LogP contribution in [-0.2, 0) is 14.9 Å². The Labute approximate surface area is 191 Å². The third-order valence-electron chi connectivity index (χ3n) is 4.06. The Morgan fingerprint density at radius 3 is 1.79 bits per heavy atom. The Morgan fingerprint density at radius 2 is 1.33 bits per heavy atom. The van der Waals surface area contributed by atoms with E-state index in [1.807, 2.05) is 0 Å². The first-order valence-corrected chi connectivity index (χ1v) is 10.6. The van der Waals surface area contributed by atoms with Gasteiger partial charge in [-0.25, -0.2) is 8.42 Å². The zero-order valence-electron chi connectivity index (χ0n) is 15.9. The summed E-state index contributed by atoms with van der Waals surface area (Å²) >= 11 is 0. The van der Waals surface area contributed by atoms with Crippen molar-refractivity contribution in [2.75, 3.05) is 19.3 Å². The van der Waals surface area contributed by atoms with Gasteiger partial charge in [0.15, 0.2) is 0 Å². The maximum Gasteiger partial charge on any atom is 1.00 e. The molecular weight excluding hydrogens is 353 g/mol. The third-order valence-corrected chi connectivity index (χ3v) is 4.85. The van der Waals surface area contributed by atoms with Crippen molar-refractivity contribution in [2.24, 2.45) is 0 Å². The number of nitrogens with zero attached hydrogens (tertiary/aromatic N) is 1. The first kappa shape index (κ1) is 27.2. The first-order valence-electron chi connectivity index (χ1n) is 9.04. The molecule has 7 heteroatoms. The molecule has 0 fully saturated rings. The van der Waals surface area contributed by atoms with E-state index in [0.29, 0.717) is 13.0 Å². The van der Waals surface area contributed by atoms with Crippen LogP contribution >= 0.6 is 0 Å². The van der Waals surface area contributed by atoms with Crippen LogP contribution in [0.2, 0.25) is 0 Å². The molecule has 24 heavy (non-hydrogen) atoms. The van der Waals surface area contributed by atoms with Gasteiger partial charge in [0.05, 0.1) is 10.1 Å². The molecule has 0 saturated carbocycles. The number of hydrogen-bond acceptors (Lipinski definition) is 4. The van der Waals surface area contributed by atoms with E-state index in [4.69, 9.17) is 0 Å².